The number of benzene rings is 1. The van der Waals surface area contributed by atoms with Crippen molar-refractivity contribution in [3.05, 3.63) is 34.9 Å². The monoisotopic (exact) mass is 311 g/mol. The summed E-state index contributed by atoms with van der Waals surface area (Å²) in [5, 5.41) is 12.3. The van der Waals surface area contributed by atoms with E-state index < -0.39 is 12.0 Å². The first-order valence-corrected chi connectivity index (χ1v) is 7.19. The molecule has 6 heteroatoms. The smallest absolute Gasteiger partial charge is 0.326 e. The zero-order valence-corrected chi connectivity index (χ0v) is 12.5. The highest BCUT2D eigenvalue weighted by Gasteiger charge is 2.45. The van der Waals surface area contributed by atoms with Crippen molar-refractivity contribution < 1.29 is 19.4 Å². The summed E-state index contributed by atoms with van der Waals surface area (Å²) in [6.07, 6.45) is 0.952. The number of halogens is 1. The predicted molar refractivity (Wildman–Crippen MR) is 78.4 cm³/mol. The van der Waals surface area contributed by atoms with Crippen molar-refractivity contribution in [2.45, 2.75) is 24.8 Å². The van der Waals surface area contributed by atoms with Gasteiger partial charge in [0.05, 0.1) is 0 Å². The minimum atomic E-state index is -1.05. The van der Waals surface area contributed by atoms with Crippen molar-refractivity contribution in [3.63, 3.8) is 0 Å². The molecule has 5 nitrogen and oxygen atoms in total. The van der Waals surface area contributed by atoms with Gasteiger partial charge in [0.15, 0.2) is 0 Å². The average Bonchev–Trinajstić information content (AvgIpc) is 3.23. The largest absolute Gasteiger partial charge is 0.480 e. The van der Waals surface area contributed by atoms with Gasteiger partial charge in [-0.2, -0.15) is 0 Å². The molecule has 0 aliphatic heterocycles. The molecule has 114 valence electrons. The van der Waals surface area contributed by atoms with E-state index in [1.165, 1.54) is 7.11 Å². The summed E-state index contributed by atoms with van der Waals surface area (Å²) in [7, 11) is 1.50. The highest BCUT2D eigenvalue weighted by molar-refractivity contribution is 6.31. The maximum absolute atomic E-state index is 12.1. The fraction of sp³-hybridized carbons (Fsp3) is 0.467. The second-order valence-electron chi connectivity index (χ2n) is 5.15. The second kappa shape index (κ2) is 6.91. The molecule has 1 aliphatic rings. The number of carbonyl (C=O) groups excluding carboxylic acids is 1. The van der Waals surface area contributed by atoms with E-state index in [0.717, 1.165) is 5.56 Å². The van der Waals surface area contributed by atoms with Gasteiger partial charge in [0.2, 0.25) is 5.91 Å². The van der Waals surface area contributed by atoms with Crippen LogP contribution in [0.5, 0.6) is 0 Å². The lowest BCUT2D eigenvalue weighted by molar-refractivity contribution is -0.142. The van der Waals surface area contributed by atoms with Crippen LogP contribution in [0.15, 0.2) is 24.3 Å². The number of amides is 1. The number of hydrogen-bond acceptors (Lipinski definition) is 3. The summed E-state index contributed by atoms with van der Waals surface area (Å²) < 4.78 is 4.85. The van der Waals surface area contributed by atoms with Crippen LogP contribution in [0.1, 0.15) is 24.3 Å². The Morgan fingerprint density at radius 1 is 1.48 bits per heavy atom. The van der Waals surface area contributed by atoms with Gasteiger partial charge in [0.1, 0.15) is 6.04 Å². The fourth-order valence-electron chi connectivity index (χ4n) is 2.38. The maximum atomic E-state index is 12.1. The molecule has 21 heavy (non-hydrogen) atoms. The summed E-state index contributed by atoms with van der Waals surface area (Å²) in [6, 6.07) is 6.51. The summed E-state index contributed by atoms with van der Waals surface area (Å²) in [6.45, 7) is 0.288. The molecule has 1 saturated carbocycles. The van der Waals surface area contributed by atoms with Crippen molar-refractivity contribution >= 4 is 23.5 Å². The van der Waals surface area contributed by atoms with Crippen molar-refractivity contribution in [3.8, 4) is 0 Å². The van der Waals surface area contributed by atoms with E-state index in [4.69, 9.17) is 21.4 Å². The van der Waals surface area contributed by atoms with Gasteiger partial charge in [0, 0.05) is 31.1 Å². The van der Waals surface area contributed by atoms with Gasteiger partial charge in [-0.25, -0.2) is 4.79 Å². The molecule has 3 atom stereocenters. The molecule has 1 aromatic rings. The van der Waals surface area contributed by atoms with Crippen LogP contribution in [0.2, 0.25) is 5.02 Å². The molecule has 0 spiro atoms. The Bertz CT molecular complexity index is 534. The predicted octanol–water partition coefficient (Wildman–Crippen LogP) is 2.05. The number of hydrogen-bond donors (Lipinski definition) is 2. The van der Waals surface area contributed by atoms with Gasteiger partial charge in [-0.1, -0.05) is 29.8 Å². The first kappa shape index (κ1) is 15.8. The molecule has 0 saturated heterocycles. The number of rotatable bonds is 7. The van der Waals surface area contributed by atoms with Gasteiger partial charge < -0.3 is 15.2 Å². The Hall–Kier alpha value is -1.59. The molecule has 1 fully saturated rings. The number of carbonyl (C=O) groups is 2. The molecule has 1 aliphatic carbocycles. The van der Waals surface area contributed by atoms with Crippen LogP contribution in [-0.2, 0) is 14.3 Å². The molecular formula is C15H18ClNO4. The van der Waals surface area contributed by atoms with Crippen LogP contribution in [0.3, 0.4) is 0 Å². The third kappa shape index (κ3) is 3.95. The van der Waals surface area contributed by atoms with Crippen LogP contribution in [0, 0.1) is 5.92 Å². The lowest BCUT2D eigenvalue weighted by atomic mass is 10.1. The van der Waals surface area contributed by atoms with E-state index in [9.17, 15) is 9.59 Å². The fourth-order valence-corrected chi connectivity index (χ4v) is 2.65. The van der Waals surface area contributed by atoms with E-state index in [2.05, 4.69) is 5.32 Å². The van der Waals surface area contributed by atoms with Crippen molar-refractivity contribution in [2.24, 2.45) is 5.92 Å². The van der Waals surface area contributed by atoms with Crippen molar-refractivity contribution in [2.75, 3.05) is 13.7 Å². The number of methoxy groups -OCH3 is 1. The standard InChI is InChI=1S/C15H18ClNO4/c1-21-7-6-13(15(19)20)17-14(18)11-8-10(11)9-4-2-3-5-12(9)16/h2-5,10-11,13H,6-8H2,1H3,(H,17,18)(H,19,20). The van der Waals surface area contributed by atoms with Gasteiger partial charge in [-0.05, 0) is 24.0 Å². The van der Waals surface area contributed by atoms with E-state index in [1.54, 1.807) is 6.07 Å². The third-order valence-corrected chi connectivity index (χ3v) is 4.00. The summed E-state index contributed by atoms with van der Waals surface area (Å²) in [5.41, 5.74) is 0.947. The molecule has 0 heterocycles. The molecule has 0 bridgehead atoms. The van der Waals surface area contributed by atoms with Gasteiger partial charge >= 0.3 is 5.97 Å². The Morgan fingerprint density at radius 3 is 2.81 bits per heavy atom. The molecule has 0 radical (unpaired) electrons. The Labute approximate surface area is 128 Å². The van der Waals surface area contributed by atoms with Crippen molar-refractivity contribution in [1.29, 1.82) is 0 Å². The number of carboxylic acids is 1. The summed E-state index contributed by atoms with van der Waals surface area (Å²) in [4.78, 5) is 23.2. The minimum Gasteiger partial charge on any atom is -0.480 e. The Kier molecular flexibility index (Phi) is 5.20. The van der Waals surface area contributed by atoms with Crippen LogP contribution in [-0.4, -0.2) is 36.7 Å². The van der Waals surface area contributed by atoms with E-state index >= 15 is 0 Å². The van der Waals surface area contributed by atoms with E-state index in [0.29, 0.717) is 11.4 Å². The van der Waals surface area contributed by atoms with Gasteiger partial charge in [-0.3, -0.25) is 4.79 Å². The normalized spacial score (nSPS) is 21.6. The summed E-state index contributed by atoms with van der Waals surface area (Å²) in [5.74, 6) is -1.40. The molecule has 2 N–H and O–H groups in total. The molecule has 1 amide bonds. The lowest BCUT2D eigenvalue weighted by Crippen LogP contribution is -2.42. The number of carboxylic acid groups (broad SMARTS) is 1. The maximum Gasteiger partial charge on any atom is 0.326 e. The topological polar surface area (TPSA) is 75.6 Å². The van der Waals surface area contributed by atoms with Crippen LogP contribution < -0.4 is 5.32 Å². The van der Waals surface area contributed by atoms with Crippen LogP contribution >= 0.6 is 11.6 Å². The number of ether oxygens (including phenoxy) is 1. The minimum absolute atomic E-state index is 0.0792. The Balaban J connectivity index is 1.93. The van der Waals surface area contributed by atoms with Crippen LogP contribution in [0.4, 0.5) is 0 Å². The molecule has 1 aromatic carbocycles. The summed E-state index contributed by atoms with van der Waals surface area (Å²) >= 11 is 6.11. The SMILES string of the molecule is COCCC(NC(=O)C1CC1c1ccccc1Cl)C(=O)O. The van der Waals surface area contributed by atoms with Crippen molar-refractivity contribution in [1.82, 2.24) is 5.32 Å². The molecular weight excluding hydrogens is 294 g/mol. The lowest BCUT2D eigenvalue weighted by Gasteiger charge is -2.14. The Morgan fingerprint density at radius 2 is 2.19 bits per heavy atom. The highest BCUT2D eigenvalue weighted by atomic mass is 35.5. The third-order valence-electron chi connectivity index (χ3n) is 3.66. The average molecular weight is 312 g/mol. The zero-order chi connectivity index (χ0) is 15.4. The number of aliphatic carboxylic acids is 1. The molecule has 0 aromatic heterocycles. The quantitative estimate of drug-likeness (QED) is 0.808. The first-order chi connectivity index (χ1) is 10.0. The second-order valence-corrected chi connectivity index (χ2v) is 5.56. The van der Waals surface area contributed by atoms with Gasteiger partial charge in [0.25, 0.3) is 0 Å². The van der Waals surface area contributed by atoms with E-state index in [-0.39, 0.29) is 30.8 Å². The molecule has 2 rings (SSSR count). The van der Waals surface area contributed by atoms with Crippen LogP contribution in [0.25, 0.3) is 0 Å². The molecule has 3 unspecified atom stereocenters. The first-order valence-electron chi connectivity index (χ1n) is 6.81. The van der Waals surface area contributed by atoms with Gasteiger partial charge in [-0.15, -0.1) is 0 Å². The zero-order valence-electron chi connectivity index (χ0n) is 11.7. The highest BCUT2D eigenvalue weighted by Crippen LogP contribution is 2.49. The van der Waals surface area contributed by atoms with E-state index in [1.807, 2.05) is 18.2 Å². The number of nitrogens with one attached hydrogen (secondary N) is 1.